The number of hydrogen-bond donors (Lipinski definition) is 1. The quantitative estimate of drug-likeness (QED) is 0.0701. The number of ether oxygens (including phenoxy) is 19. The topological polar surface area (TPSA) is 239 Å². The zero-order valence-corrected chi connectivity index (χ0v) is 49.6. The Morgan fingerprint density at radius 1 is 0.390 bits per heavy atom. The minimum absolute atomic E-state index is 0.0494. The zero-order chi connectivity index (χ0) is 58.9. The van der Waals surface area contributed by atoms with Crippen molar-refractivity contribution in [2.75, 3.05) is 218 Å². The number of esters is 2. The molecule has 0 fully saturated rings. The van der Waals surface area contributed by atoms with E-state index in [0.717, 1.165) is 24.2 Å². The number of rotatable bonds is 60. The van der Waals surface area contributed by atoms with E-state index in [9.17, 15) is 14.4 Å². The SMILES string of the molecule is CCCOCCOCCOCCOCCOCCOCCOCCOCCOCCOCCOCCOCCC(=O)N[C@@H](Cc1ccc(OCCOCCOCCOCCOCCC(=O)OC(C)(C)C)cc1)C(=O)OCc1ccccc1. The van der Waals surface area contributed by atoms with Crippen LogP contribution in [0.4, 0.5) is 0 Å². The van der Waals surface area contributed by atoms with Crippen LogP contribution in [0, 0.1) is 0 Å². The van der Waals surface area contributed by atoms with Gasteiger partial charge in [-0.05, 0) is 50.5 Å². The van der Waals surface area contributed by atoms with E-state index in [4.69, 9.17) is 90.0 Å². The number of nitrogens with one attached hydrogen (secondary N) is 1. The smallest absolute Gasteiger partial charge is 0.329 e. The second-order valence-corrected chi connectivity index (χ2v) is 18.8. The predicted molar refractivity (Wildman–Crippen MR) is 302 cm³/mol. The van der Waals surface area contributed by atoms with Crippen LogP contribution < -0.4 is 10.1 Å². The Kier molecular flexibility index (Phi) is 49.6. The lowest BCUT2D eigenvalue weighted by Crippen LogP contribution is -2.43. The first-order chi connectivity index (χ1) is 40.2. The minimum atomic E-state index is -0.919. The summed E-state index contributed by atoms with van der Waals surface area (Å²) >= 11 is 0. The predicted octanol–water partition coefficient (Wildman–Crippen LogP) is 4.63. The molecule has 0 saturated heterocycles. The van der Waals surface area contributed by atoms with Crippen molar-refractivity contribution in [1.29, 1.82) is 0 Å². The van der Waals surface area contributed by atoms with Gasteiger partial charge in [0, 0.05) is 19.4 Å². The maximum Gasteiger partial charge on any atom is 0.329 e. The minimum Gasteiger partial charge on any atom is -0.491 e. The molecule has 0 aliphatic rings. The molecule has 1 atom stereocenters. The summed E-state index contributed by atoms with van der Waals surface area (Å²) in [4.78, 5) is 37.9. The van der Waals surface area contributed by atoms with E-state index >= 15 is 0 Å². The van der Waals surface area contributed by atoms with Gasteiger partial charge in [-0.15, -0.1) is 0 Å². The zero-order valence-electron chi connectivity index (χ0n) is 49.6. The highest BCUT2D eigenvalue weighted by Gasteiger charge is 2.23. The molecule has 2 rings (SSSR count). The van der Waals surface area contributed by atoms with Crippen LogP contribution in [0.2, 0.25) is 0 Å². The van der Waals surface area contributed by atoms with E-state index in [2.05, 4.69) is 12.2 Å². The third kappa shape index (κ3) is 49.4. The van der Waals surface area contributed by atoms with Crippen molar-refractivity contribution in [3.8, 4) is 5.75 Å². The summed E-state index contributed by atoms with van der Waals surface area (Å²) in [7, 11) is 0. The van der Waals surface area contributed by atoms with Crippen molar-refractivity contribution in [3.05, 3.63) is 65.7 Å². The van der Waals surface area contributed by atoms with Crippen molar-refractivity contribution in [2.45, 2.75) is 71.6 Å². The molecular formula is C59H99NO22. The molecule has 0 saturated carbocycles. The third-order valence-corrected chi connectivity index (χ3v) is 10.6. The van der Waals surface area contributed by atoms with Gasteiger partial charge in [0.25, 0.3) is 0 Å². The number of benzene rings is 2. The molecule has 2 aromatic rings. The first kappa shape index (κ1) is 74.1. The first-order valence-electron chi connectivity index (χ1n) is 28.8. The standard InChI is InChI=1S/C59H99NO22/c1-5-17-64-20-23-67-26-29-70-32-34-72-36-38-74-40-42-76-44-45-77-43-41-75-39-37-73-35-33-71-30-27-68-24-21-65-18-15-56(61)60-55(58(63)81-51-53-9-7-6-8-10-53)50-52-11-13-54(14-12-52)80-49-48-79-47-46-78-31-28-69-25-22-66-19-16-57(62)82-59(2,3)4/h6-14,55H,5,15-51H2,1-4H3,(H,60,61)/t55-/m0/s1. The first-order valence-corrected chi connectivity index (χ1v) is 28.8. The maximum absolute atomic E-state index is 13.3. The van der Waals surface area contributed by atoms with Gasteiger partial charge in [0.1, 0.15) is 30.6 Å². The van der Waals surface area contributed by atoms with E-state index in [1.54, 1.807) is 12.1 Å². The normalized spacial score (nSPS) is 12.0. The van der Waals surface area contributed by atoms with Crippen LogP contribution in [-0.2, 0) is 113 Å². The van der Waals surface area contributed by atoms with Crippen molar-refractivity contribution in [3.63, 3.8) is 0 Å². The van der Waals surface area contributed by atoms with E-state index in [1.165, 1.54) is 0 Å². The van der Waals surface area contributed by atoms with Crippen molar-refractivity contribution < 1.29 is 104 Å². The Labute approximate surface area is 487 Å². The van der Waals surface area contributed by atoms with Gasteiger partial charge in [-0.25, -0.2) is 4.79 Å². The molecule has 0 heterocycles. The molecule has 0 aliphatic heterocycles. The molecule has 0 spiro atoms. The molecule has 82 heavy (non-hydrogen) atoms. The molecule has 0 bridgehead atoms. The van der Waals surface area contributed by atoms with Gasteiger partial charge >= 0.3 is 11.9 Å². The van der Waals surface area contributed by atoms with Crippen LogP contribution in [0.5, 0.6) is 5.75 Å². The van der Waals surface area contributed by atoms with E-state index in [1.807, 2.05) is 63.2 Å². The van der Waals surface area contributed by atoms with Gasteiger partial charge in [-0.2, -0.15) is 0 Å². The molecule has 1 amide bonds. The van der Waals surface area contributed by atoms with Crippen LogP contribution in [0.25, 0.3) is 0 Å². The Morgan fingerprint density at radius 3 is 1.07 bits per heavy atom. The fourth-order valence-electron chi connectivity index (χ4n) is 6.61. The van der Waals surface area contributed by atoms with Crippen LogP contribution in [-0.4, -0.2) is 248 Å². The van der Waals surface area contributed by atoms with Crippen molar-refractivity contribution >= 4 is 17.8 Å². The summed E-state index contributed by atoms with van der Waals surface area (Å²) in [5, 5.41) is 2.82. The lowest BCUT2D eigenvalue weighted by Gasteiger charge is -2.19. The number of carbonyl (C=O) groups excluding carboxylic acids is 3. The van der Waals surface area contributed by atoms with Crippen LogP contribution in [0.15, 0.2) is 54.6 Å². The summed E-state index contributed by atoms with van der Waals surface area (Å²) in [6.45, 7) is 22.3. The molecule has 0 radical (unpaired) electrons. The molecule has 23 heteroatoms. The summed E-state index contributed by atoms with van der Waals surface area (Å²) < 4.78 is 105. The third-order valence-electron chi connectivity index (χ3n) is 10.6. The van der Waals surface area contributed by atoms with Gasteiger partial charge in [0.15, 0.2) is 0 Å². The summed E-state index contributed by atoms with van der Waals surface area (Å²) in [5.41, 5.74) is 1.14. The summed E-state index contributed by atoms with van der Waals surface area (Å²) in [6, 6.07) is 15.7. The van der Waals surface area contributed by atoms with Crippen LogP contribution >= 0.6 is 0 Å². The monoisotopic (exact) mass is 1170 g/mol. The molecule has 1 N–H and O–H groups in total. The van der Waals surface area contributed by atoms with Gasteiger partial charge in [-0.3, -0.25) is 9.59 Å². The fourth-order valence-corrected chi connectivity index (χ4v) is 6.61. The highest BCUT2D eigenvalue weighted by Crippen LogP contribution is 2.15. The Bertz CT molecular complexity index is 1740. The van der Waals surface area contributed by atoms with Crippen LogP contribution in [0.3, 0.4) is 0 Å². The molecule has 472 valence electrons. The average Bonchev–Trinajstić information content (AvgIpc) is 3.47. The van der Waals surface area contributed by atoms with Crippen molar-refractivity contribution in [1.82, 2.24) is 5.32 Å². The highest BCUT2D eigenvalue weighted by molar-refractivity contribution is 5.84. The maximum atomic E-state index is 13.3. The molecule has 0 aliphatic carbocycles. The van der Waals surface area contributed by atoms with Gasteiger partial charge in [0.2, 0.25) is 5.91 Å². The van der Waals surface area contributed by atoms with Gasteiger partial charge in [-0.1, -0.05) is 49.4 Å². The second kappa shape index (κ2) is 54.9. The molecule has 0 aromatic heterocycles. The molecular weight excluding hydrogens is 1070 g/mol. The Balaban J connectivity index is 1.40. The number of amides is 1. The number of hydrogen-bond acceptors (Lipinski definition) is 22. The van der Waals surface area contributed by atoms with Gasteiger partial charge in [0.05, 0.1) is 211 Å². The van der Waals surface area contributed by atoms with E-state index in [-0.39, 0.29) is 51.0 Å². The lowest BCUT2D eigenvalue weighted by molar-refractivity contribution is -0.156. The largest absolute Gasteiger partial charge is 0.491 e. The van der Waals surface area contributed by atoms with E-state index in [0.29, 0.717) is 204 Å². The Morgan fingerprint density at radius 2 is 0.720 bits per heavy atom. The van der Waals surface area contributed by atoms with Gasteiger partial charge < -0.3 is 95.3 Å². The van der Waals surface area contributed by atoms with E-state index < -0.39 is 17.6 Å². The summed E-state index contributed by atoms with van der Waals surface area (Å²) in [5.74, 6) is -0.544. The number of carbonyl (C=O) groups is 3. The molecule has 0 unspecified atom stereocenters. The second-order valence-electron chi connectivity index (χ2n) is 18.8. The fraction of sp³-hybridized carbons (Fsp3) is 0.746. The lowest BCUT2D eigenvalue weighted by atomic mass is 10.1. The summed E-state index contributed by atoms with van der Waals surface area (Å²) in [6.07, 6.45) is 1.48. The Hall–Kier alpha value is -3.99. The molecule has 2 aromatic carbocycles. The highest BCUT2D eigenvalue weighted by atomic mass is 16.6. The van der Waals surface area contributed by atoms with Crippen LogP contribution in [0.1, 0.15) is 58.1 Å². The van der Waals surface area contributed by atoms with Crippen molar-refractivity contribution in [2.24, 2.45) is 0 Å². The molecule has 23 nitrogen and oxygen atoms in total. The average molecular weight is 1170 g/mol.